The van der Waals surface area contributed by atoms with Gasteiger partial charge in [0, 0.05) is 17.3 Å². The van der Waals surface area contributed by atoms with Gasteiger partial charge in [-0.2, -0.15) is 0 Å². The van der Waals surface area contributed by atoms with E-state index in [0.29, 0.717) is 6.54 Å². The Kier molecular flexibility index (Phi) is 5.16. The van der Waals surface area contributed by atoms with E-state index in [-0.39, 0.29) is 11.3 Å². The van der Waals surface area contributed by atoms with Crippen LogP contribution in [-0.2, 0) is 17.9 Å². The van der Waals surface area contributed by atoms with Gasteiger partial charge in [0.15, 0.2) is 0 Å². The number of hydrogen-bond acceptors (Lipinski definition) is 4. The third-order valence-electron chi connectivity index (χ3n) is 3.51. The van der Waals surface area contributed by atoms with Crippen molar-refractivity contribution in [1.82, 2.24) is 15.2 Å². The fourth-order valence-corrected chi connectivity index (χ4v) is 3.00. The van der Waals surface area contributed by atoms with Crippen LogP contribution in [-0.4, -0.2) is 28.9 Å². The summed E-state index contributed by atoms with van der Waals surface area (Å²) in [7, 11) is 0. The van der Waals surface area contributed by atoms with E-state index < -0.39 is 0 Å². The maximum Gasteiger partial charge on any atom is 0.225 e. The highest BCUT2D eigenvalue weighted by molar-refractivity contribution is 7.09. The van der Waals surface area contributed by atoms with Gasteiger partial charge in [-0.25, -0.2) is 4.98 Å². The summed E-state index contributed by atoms with van der Waals surface area (Å²) in [5.74, 6) is 0.0743. The number of rotatable bonds is 4. The SMILES string of the molecule is CC(C)(C)C(=O)NCc1nc(CN2CCCCC2)cs1. The van der Waals surface area contributed by atoms with Crippen LogP contribution in [0.1, 0.15) is 50.7 Å². The summed E-state index contributed by atoms with van der Waals surface area (Å²) >= 11 is 1.64. The second kappa shape index (κ2) is 6.68. The molecule has 1 saturated heterocycles. The highest BCUT2D eigenvalue weighted by Gasteiger charge is 2.21. The number of carbonyl (C=O) groups excluding carboxylic acids is 1. The Balaban J connectivity index is 1.81. The third kappa shape index (κ3) is 4.56. The van der Waals surface area contributed by atoms with E-state index in [0.717, 1.165) is 17.2 Å². The zero-order valence-corrected chi connectivity index (χ0v) is 13.6. The van der Waals surface area contributed by atoms with Crippen LogP contribution >= 0.6 is 11.3 Å². The lowest BCUT2D eigenvalue weighted by atomic mass is 9.96. The number of likely N-dealkylation sites (tertiary alicyclic amines) is 1. The third-order valence-corrected chi connectivity index (χ3v) is 4.41. The molecule has 0 aliphatic carbocycles. The second-order valence-corrected chi connectivity index (χ2v) is 7.44. The molecule has 0 spiro atoms. The van der Waals surface area contributed by atoms with Crippen LogP contribution in [0.5, 0.6) is 0 Å². The van der Waals surface area contributed by atoms with Crippen LogP contribution in [0, 0.1) is 5.41 Å². The normalized spacial score (nSPS) is 17.1. The van der Waals surface area contributed by atoms with Gasteiger partial charge in [0.25, 0.3) is 0 Å². The lowest BCUT2D eigenvalue weighted by Gasteiger charge is -2.25. The molecule has 0 atom stereocenters. The molecule has 1 aliphatic rings. The summed E-state index contributed by atoms with van der Waals surface area (Å²) in [6.45, 7) is 9.63. The molecule has 0 radical (unpaired) electrons. The molecule has 1 fully saturated rings. The molecule has 1 N–H and O–H groups in total. The number of hydrogen-bond donors (Lipinski definition) is 1. The fourth-order valence-electron chi connectivity index (χ4n) is 2.27. The van der Waals surface area contributed by atoms with Gasteiger partial charge >= 0.3 is 0 Å². The highest BCUT2D eigenvalue weighted by Crippen LogP contribution is 2.17. The first-order chi connectivity index (χ1) is 9.45. The molecule has 112 valence electrons. The Labute approximate surface area is 125 Å². The quantitative estimate of drug-likeness (QED) is 0.929. The molecule has 2 rings (SSSR count). The molecule has 1 amide bonds. The maximum atomic E-state index is 11.8. The van der Waals surface area contributed by atoms with Crippen molar-refractivity contribution in [3.8, 4) is 0 Å². The Morgan fingerprint density at radius 3 is 2.70 bits per heavy atom. The van der Waals surface area contributed by atoms with Gasteiger partial charge in [0.1, 0.15) is 5.01 Å². The molecule has 0 unspecified atom stereocenters. The first-order valence-corrected chi connectivity index (χ1v) is 8.27. The van der Waals surface area contributed by atoms with Crippen LogP contribution in [0.2, 0.25) is 0 Å². The summed E-state index contributed by atoms with van der Waals surface area (Å²) in [6, 6.07) is 0. The van der Waals surface area contributed by atoms with Crippen LogP contribution in [0.25, 0.3) is 0 Å². The minimum absolute atomic E-state index is 0.0743. The van der Waals surface area contributed by atoms with Crippen molar-refractivity contribution in [2.45, 2.75) is 53.1 Å². The average Bonchev–Trinajstić information content (AvgIpc) is 2.83. The number of nitrogens with one attached hydrogen (secondary N) is 1. The van der Waals surface area contributed by atoms with Crippen molar-refractivity contribution >= 4 is 17.2 Å². The summed E-state index contributed by atoms with van der Waals surface area (Å²) in [5.41, 5.74) is 0.797. The number of amides is 1. The van der Waals surface area contributed by atoms with E-state index in [4.69, 9.17) is 0 Å². The van der Waals surface area contributed by atoms with Crippen molar-refractivity contribution in [2.24, 2.45) is 5.41 Å². The summed E-state index contributed by atoms with van der Waals surface area (Å²) in [6.07, 6.45) is 3.97. The van der Waals surface area contributed by atoms with Crippen molar-refractivity contribution in [1.29, 1.82) is 0 Å². The van der Waals surface area contributed by atoms with Crippen LogP contribution in [0.15, 0.2) is 5.38 Å². The largest absolute Gasteiger partial charge is 0.349 e. The van der Waals surface area contributed by atoms with E-state index in [9.17, 15) is 4.79 Å². The van der Waals surface area contributed by atoms with Crippen molar-refractivity contribution in [3.63, 3.8) is 0 Å². The average molecular weight is 295 g/mol. The van der Waals surface area contributed by atoms with E-state index >= 15 is 0 Å². The Hall–Kier alpha value is -0.940. The molecule has 20 heavy (non-hydrogen) atoms. The zero-order valence-electron chi connectivity index (χ0n) is 12.7. The minimum Gasteiger partial charge on any atom is -0.349 e. The molecule has 0 saturated carbocycles. The summed E-state index contributed by atoms with van der Waals surface area (Å²) < 4.78 is 0. The fraction of sp³-hybridized carbons (Fsp3) is 0.733. The van der Waals surface area contributed by atoms with E-state index in [1.165, 1.54) is 32.4 Å². The molecular weight excluding hydrogens is 270 g/mol. The Morgan fingerprint density at radius 1 is 1.35 bits per heavy atom. The van der Waals surface area contributed by atoms with Crippen molar-refractivity contribution < 1.29 is 4.79 Å². The Bertz CT molecular complexity index is 444. The number of thiazole rings is 1. The van der Waals surface area contributed by atoms with Gasteiger partial charge in [-0.15, -0.1) is 11.3 Å². The zero-order chi connectivity index (χ0) is 14.6. The predicted octanol–water partition coefficient (Wildman–Crippen LogP) is 2.79. The summed E-state index contributed by atoms with van der Waals surface area (Å²) in [4.78, 5) is 18.9. The van der Waals surface area contributed by atoms with Crippen molar-refractivity contribution in [2.75, 3.05) is 13.1 Å². The predicted molar refractivity (Wildman–Crippen MR) is 82.5 cm³/mol. The smallest absolute Gasteiger partial charge is 0.225 e. The molecule has 1 aromatic heterocycles. The molecule has 0 aromatic carbocycles. The van der Waals surface area contributed by atoms with Gasteiger partial charge in [0.05, 0.1) is 12.2 Å². The number of aromatic nitrogens is 1. The van der Waals surface area contributed by atoms with Gasteiger partial charge in [-0.1, -0.05) is 27.2 Å². The van der Waals surface area contributed by atoms with Gasteiger partial charge < -0.3 is 5.32 Å². The van der Waals surface area contributed by atoms with Crippen molar-refractivity contribution in [3.05, 3.63) is 16.1 Å². The number of piperidine rings is 1. The Morgan fingerprint density at radius 2 is 2.05 bits per heavy atom. The standard InChI is InChI=1S/C15H25N3OS/c1-15(2,3)14(19)16-9-13-17-12(11-20-13)10-18-7-5-4-6-8-18/h11H,4-10H2,1-3H3,(H,16,19). The van der Waals surface area contributed by atoms with Gasteiger partial charge in [-0.3, -0.25) is 9.69 Å². The second-order valence-electron chi connectivity index (χ2n) is 6.50. The lowest BCUT2D eigenvalue weighted by molar-refractivity contribution is -0.128. The lowest BCUT2D eigenvalue weighted by Crippen LogP contribution is -2.34. The maximum absolute atomic E-state index is 11.8. The molecule has 0 bridgehead atoms. The minimum atomic E-state index is -0.339. The molecule has 1 aliphatic heterocycles. The first kappa shape index (κ1) is 15.4. The van der Waals surface area contributed by atoms with Gasteiger partial charge in [-0.05, 0) is 25.9 Å². The van der Waals surface area contributed by atoms with Gasteiger partial charge in [0.2, 0.25) is 5.91 Å². The topological polar surface area (TPSA) is 45.2 Å². The number of carbonyl (C=O) groups is 1. The van der Waals surface area contributed by atoms with Crippen LogP contribution in [0.3, 0.4) is 0 Å². The summed E-state index contributed by atoms with van der Waals surface area (Å²) in [5, 5.41) is 6.06. The molecule has 5 heteroatoms. The highest BCUT2D eigenvalue weighted by atomic mass is 32.1. The molecule has 2 heterocycles. The van der Waals surface area contributed by atoms with E-state index in [2.05, 4.69) is 20.6 Å². The van der Waals surface area contributed by atoms with Crippen LogP contribution in [0.4, 0.5) is 0 Å². The van der Waals surface area contributed by atoms with E-state index in [1.54, 1.807) is 11.3 Å². The number of nitrogens with zero attached hydrogens (tertiary/aromatic N) is 2. The molecule has 4 nitrogen and oxygen atoms in total. The van der Waals surface area contributed by atoms with Crippen LogP contribution < -0.4 is 5.32 Å². The molecular formula is C15H25N3OS. The molecule has 1 aromatic rings. The van der Waals surface area contributed by atoms with E-state index in [1.807, 2.05) is 20.8 Å². The first-order valence-electron chi connectivity index (χ1n) is 7.39. The monoisotopic (exact) mass is 295 g/mol.